The van der Waals surface area contributed by atoms with E-state index in [0.29, 0.717) is 12.1 Å². The zero-order chi connectivity index (χ0) is 19.3. The van der Waals surface area contributed by atoms with Gasteiger partial charge in [-0.3, -0.25) is 9.59 Å². The molecular weight excluding hydrogens is 352 g/mol. The SMILES string of the molecule is CN1Cc2ccc(-c3cccc4c(C(=O)N5CCCCC5)cnn34)cc2C1=O. The summed E-state index contributed by atoms with van der Waals surface area (Å²) in [7, 11) is 1.81. The number of piperidine rings is 1. The van der Waals surface area contributed by atoms with Gasteiger partial charge in [0.2, 0.25) is 0 Å². The van der Waals surface area contributed by atoms with Gasteiger partial charge in [-0.15, -0.1) is 0 Å². The number of likely N-dealkylation sites (tertiary alicyclic amines) is 1. The van der Waals surface area contributed by atoms with E-state index in [2.05, 4.69) is 5.10 Å². The van der Waals surface area contributed by atoms with Crippen LogP contribution in [0.25, 0.3) is 16.8 Å². The van der Waals surface area contributed by atoms with Crippen LogP contribution < -0.4 is 0 Å². The lowest BCUT2D eigenvalue weighted by atomic mass is 10.0. The summed E-state index contributed by atoms with van der Waals surface area (Å²) in [6.07, 6.45) is 4.98. The van der Waals surface area contributed by atoms with Crippen LogP contribution in [-0.4, -0.2) is 51.4 Å². The fourth-order valence-electron chi connectivity index (χ4n) is 4.27. The molecule has 2 amide bonds. The fourth-order valence-corrected chi connectivity index (χ4v) is 4.27. The van der Waals surface area contributed by atoms with Gasteiger partial charge < -0.3 is 9.80 Å². The van der Waals surface area contributed by atoms with Crippen LogP contribution in [0.1, 0.15) is 45.5 Å². The van der Waals surface area contributed by atoms with E-state index in [0.717, 1.165) is 53.8 Å². The summed E-state index contributed by atoms with van der Waals surface area (Å²) >= 11 is 0. The van der Waals surface area contributed by atoms with Gasteiger partial charge in [0, 0.05) is 37.8 Å². The fraction of sp³-hybridized carbons (Fsp3) is 0.318. The van der Waals surface area contributed by atoms with Crippen LogP contribution in [-0.2, 0) is 6.54 Å². The van der Waals surface area contributed by atoms with E-state index in [-0.39, 0.29) is 11.8 Å². The molecule has 2 aromatic heterocycles. The number of aromatic nitrogens is 2. The maximum Gasteiger partial charge on any atom is 0.257 e. The predicted molar refractivity (Wildman–Crippen MR) is 106 cm³/mol. The van der Waals surface area contributed by atoms with Crippen LogP contribution in [0.4, 0.5) is 0 Å². The number of carbonyl (C=O) groups is 2. The number of pyridine rings is 1. The largest absolute Gasteiger partial charge is 0.339 e. The minimum absolute atomic E-state index is 0.0467. The van der Waals surface area contributed by atoms with Crippen molar-refractivity contribution in [3.05, 3.63) is 59.3 Å². The average Bonchev–Trinajstić information content (AvgIpc) is 3.29. The summed E-state index contributed by atoms with van der Waals surface area (Å²) in [5.41, 5.74) is 5.03. The van der Waals surface area contributed by atoms with E-state index < -0.39 is 0 Å². The molecule has 2 aliphatic heterocycles. The first-order valence-electron chi connectivity index (χ1n) is 9.78. The van der Waals surface area contributed by atoms with Gasteiger partial charge in [0.25, 0.3) is 11.8 Å². The first-order chi connectivity index (χ1) is 13.6. The summed E-state index contributed by atoms with van der Waals surface area (Å²) < 4.78 is 1.81. The minimum Gasteiger partial charge on any atom is -0.339 e. The zero-order valence-corrected chi connectivity index (χ0v) is 15.9. The molecule has 6 nitrogen and oxygen atoms in total. The standard InChI is InChI=1S/C22H22N4O2/c1-24-14-16-9-8-15(12-17(16)21(24)27)19-6-5-7-20-18(13-23-26(19)20)22(28)25-10-3-2-4-11-25/h5-9,12-13H,2-4,10-11,14H2,1H3. The van der Waals surface area contributed by atoms with Crippen LogP contribution in [0.2, 0.25) is 0 Å². The van der Waals surface area contributed by atoms with Crippen molar-refractivity contribution in [2.45, 2.75) is 25.8 Å². The number of hydrogen-bond acceptors (Lipinski definition) is 3. The third kappa shape index (κ3) is 2.59. The molecular formula is C22H22N4O2. The molecule has 0 unspecified atom stereocenters. The molecule has 3 aromatic rings. The number of rotatable bonds is 2. The molecule has 142 valence electrons. The predicted octanol–water partition coefficient (Wildman–Crippen LogP) is 3.21. The molecule has 0 atom stereocenters. The lowest BCUT2D eigenvalue weighted by Gasteiger charge is -2.26. The Morgan fingerprint density at radius 2 is 1.89 bits per heavy atom. The van der Waals surface area contributed by atoms with Crippen molar-refractivity contribution in [3.8, 4) is 11.3 Å². The van der Waals surface area contributed by atoms with E-state index in [1.807, 2.05) is 52.9 Å². The topological polar surface area (TPSA) is 57.9 Å². The number of carbonyl (C=O) groups excluding carboxylic acids is 2. The van der Waals surface area contributed by atoms with Gasteiger partial charge in [0.1, 0.15) is 0 Å². The second kappa shape index (κ2) is 6.48. The van der Waals surface area contributed by atoms with Crippen LogP contribution in [0.5, 0.6) is 0 Å². The molecule has 5 rings (SSSR count). The second-order valence-corrected chi connectivity index (χ2v) is 7.65. The van der Waals surface area contributed by atoms with E-state index >= 15 is 0 Å². The van der Waals surface area contributed by atoms with Gasteiger partial charge >= 0.3 is 0 Å². The Kier molecular flexibility index (Phi) is 3.93. The quantitative estimate of drug-likeness (QED) is 0.692. The van der Waals surface area contributed by atoms with Crippen molar-refractivity contribution in [1.82, 2.24) is 19.4 Å². The molecule has 1 saturated heterocycles. The summed E-state index contributed by atoms with van der Waals surface area (Å²) in [4.78, 5) is 29.0. The van der Waals surface area contributed by atoms with Crippen molar-refractivity contribution in [3.63, 3.8) is 0 Å². The lowest BCUT2D eigenvalue weighted by Crippen LogP contribution is -2.35. The molecule has 0 saturated carbocycles. The molecule has 1 aromatic carbocycles. The normalized spacial score (nSPS) is 16.7. The molecule has 1 fully saturated rings. The van der Waals surface area contributed by atoms with Crippen molar-refractivity contribution in [2.75, 3.05) is 20.1 Å². The number of benzene rings is 1. The summed E-state index contributed by atoms with van der Waals surface area (Å²) in [6, 6.07) is 11.8. The maximum absolute atomic E-state index is 13.0. The van der Waals surface area contributed by atoms with Crippen molar-refractivity contribution in [1.29, 1.82) is 0 Å². The van der Waals surface area contributed by atoms with Crippen molar-refractivity contribution >= 4 is 17.3 Å². The van der Waals surface area contributed by atoms with Crippen molar-refractivity contribution in [2.24, 2.45) is 0 Å². The highest BCUT2D eigenvalue weighted by atomic mass is 16.2. The van der Waals surface area contributed by atoms with Crippen LogP contribution in [0.3, 0.4) is 0 Å². The van der Waals surface area contributed by atoms with Gasteiger partial charge in [-0.05, 0) is 43.0 Å². The van der Waals surface area contributed by atoms with E-state index in [1.165, 1.54) is 6.42 Å². The minimum atomic E-state index is 0.0467. The van der Waals surface area contributed by atoms with E-state index in [9.17, 15) is 9.59 Å². The first kappa shape index (κ1) is 17.0. The van der Waals surface area contributed by atoms with Gasteiger partial charge in [0.05, 0.1) is 23.0 Å². The third-order valence-electron chi connectivity index (χ3n) is 5.81. The Labute approximate surface area is 163 Å². The maximum atomic E-state index is 13.0. The molecule has 0 N–H and O–H groups in total. The lowest BCUT2D eigenvalue weighted by molar-refractivity contribution is 0.0725. The Morgan fingerprint density at radius 1 is 1.07 bits per heavy atom. The van der Waals surface area contributed by atoms with Gasteiger partial charge in [-0.2, -0.15) is 5.10 Å². The second-order valence-electron chi connectivity index (χ2n) is 7.65. The zero-order valence-electron chi connectivity index (χ0n) is 15.9. The van der Waals surface area contributed by atoms with Crippen LogP contribution in [0.15, 0.2) is 42.6 Å². The number of amides is 2. The number of nitrogens with zero attached hydrogens (tertiary/aromatic N) is 4. The molecule has 0 radical (unpaired) electrons. The van der Waals surface area contributed by atoms with Gasteiger partial charge in [0.15, 0.2) is 0 Å². The van der Waals surface area contributed by atoms with E-state index in [4.69, 9.17) is 0 Å². The average molecular weight is 374 g/mol. The summed E-state index contributed by atoms with van der Waals surface area (Å²) in [6.45, 7) is 2.28. The molecule has 0 aliphatic carbocycles. The smallest absolute Gasteiger partial charge is 0.257 e. The molecule has 0 bridgehead atoms. The Morgan fingerprint density at radius 3 is 2.71 bits per heavy atom. The highest BCUT2D eigenvalue weighted by molar-refractivity contribution is 6.01. The highest BCUT2D eigenvalue weighted by Gasteiger charge is 2.26. The number of hydrogen-bond donors (Lipinski definition) is 0. The number of fused-ring (bicyclic) bond motifs is 2. The third-order valence-corrected chi connectivity index (χ3v) is 5.81. The van der Waals surface area contributed by atoms with Gasteiger partial charge in [-0.25, -0.2) is 4.52 Å². The Balaban J connectivity index is 1.56. The van der Waals surface area contributed by atoms with Crippen LogP contribution >= 0.6 is 0 Å². The van der Waals surface area contributed by atoms with Gasteiger partial charge in [-0.1, -0.05) is 18.2 Å². The molecule has 4 heterocycles. The summed E-state index contributed by atoms with van der Waals surface area (Å²) in [5, 5.41) is 4.51. The Bertz CT molecular complexity index is 1100. The monoisotopic (exact) mass is 374 g/mol. The molecule has 28 heavy (non-hydrogen) atoms. The van der Waals surface area contributed by atoms with Crippen molar-refractivity contribution < 1.29 is 9.59 Å². The molecule has 6 heteroatoms. The summed E-state index contributed by atoms with van der Waals surface area (Å²) in [5.74, 6) is 0.100. The molecule has 0 spiro atoms. The highest BCUT2D eigenvalue weighted by Crippen LogP contribution is 2.29. The molecule has 2 aliphatic rings. The Hall–Kier alpha value is -3.15. The van der Waals surface area contributed by atoms with E-state index in [1.54, 1.807) is 11.1 Å². The first-order valence-corrected chi connectivity index (χ1v) is 9.78. The van der Waals surface area contributed by atoms with Crippen LogP contribution in [0, 0.1) is 0 Å².